The van der Waals surface area contributed by atoms with Crippen molar-refractivity contribution in [3.05, 3.63) is 40.4 Å². The molecular weight excluding hydrogens is 386 g/mol. The van der Waals surface area contributed by atoms with Crippen LogP contribution in [-0.2, 0) is 7.05 Å². The second kappa shape index (κ2) is 6.84. The lowest BCUT2D eigenvalue weighted by Gasteiger charge is -2.17. The summed E-state index contributed by atoms with van der Waals surface area (Å²) in [6, 6.07) is 1.73. The fourth-order valence-corrected chi connectivity index (χ4v) is 2.99. The molecule has 1 fully saturated rings. The van der Waals surface area contributed by atoms with Crippen LogP contribution in [0.4, 0.5) is 8.78 Å². The fraction of sp³-hybridized carbons (Fsp3) is 0.400. The SMILES string of the molecule is Cn1cc(C(=O)N2CCC(Oc3ccncc3Br)C2)c(C(F)F)n1. The Hall–Kier alpha value is -2.03. The molecule has 0 aliphatic carbocycles. The minimum absolute atomic E-state index is 0.0572. The zero-order chi connectivity index (χ0) is 17.3. The molecule has 0 spiro atoms. The van der Waals surface area contributed by atoms with E-state index in [1.54, 1.807) is 18.5 Å². The van der Waals surface area contributed by atoms with E-state index in [1.165, 1.54) is 22.8 Å². The first-order valence-corrected chi connectivity index (χ1v) is 8.12. The highest BCUT2D eigenvalue weighted by molar-refractivity contribution is 9.10. The second-order valence-electron chi connectivity index (χ2n) is 5.49. The van der Waals surface area contributed by atoms with Crippen LogP contribution in [0.3, 0.4) is 0 Å². The van der Waals surface area contributed by atoms with Crippen LogP contribution in [0, 0.1) is 0 Å². The van der Waals surface area contributed by atoms with E-state index in [1.807, 2.05) is 0 Å². The summed E-state index contributed by atoms with van der Waals surface area (Å²) < 4.78 is 33.8. The average molecular weight is 401 g/mol. The zero-order valence-electron chi connectivity index (χ0n) is 12.8. The summed E-state index contributed by atoms with van der Waals surface area (Å²) in [5, 5.41) is 3.68. The Morgan fingerprint density at radius 1 is 1.50 bits per heavy atom. The second-order valence-corrected chi connectivity index (χ2v) is 6.34. The van der Waals surface area contributed by atoms with Gasteiger partial charge in [-0.2, -0.15) is 5.10 Å². The Morgan fingerprint density at radius 3 is 3.00 bits per heavy atom. The molecule has 1 saturated heterocycles. The Bertz CT molecular complexity index is 753. The Morgan fingerprint density at radius 2 is 2.29 bits per heavy atom. The molecular formula is C15H15BrF2N4O2. The molecule has 3 heterocycles. The zero-order valence-corrected chi connectivity index (χ0v) is 14.4. The highest BCUT2D eigenvalue weighted by Gasteiger charge is 2.32. The number of likely N-dealkylation sites (tertiary alicyclic amines) is 1. The largest absolute Gasteiger partial charge is 0.487 e. The van der Waals surface area contributed by atoms with Crippen molar-refractivity contribution in [1.29, 1.82) is 0 Å². The minimum atomic E-state index is -2.78. The van der Waals surface area contributed by atoms with Crippen molar-refractivity contribution in [1.82, 2.24) is 19.7 Å². The number of alkyl halides is 2. The van der Waals surface area contributed by atoms with Gasteiger partial charge in [0.2, 0.25) is 0 Å². The third kappa shape index (κ3) is 3.40. The quantitative estimate of drug-likeness (QED) is 0.791. The Balaban J connectivity index is 1.69. The molecule has 1 aliphatic rings. The molecule has 9 heteroatoms. The van der Waals surface area contributed by atoms with E-state index in [0.29, 0.717) is 25.3 Å². The molecule has 0 aromatic carbocycles. The molecule has 6 nitrogen and oxygen atoms in total. The molecule has 3 rings (SSSR count). The van der Waals surface area contributed by atoms with Gasteiger partial charge in [0.05, 0.1) is 16.6 Å². The topological polar surface area (TPSA) is 60.2 Å². The number of hydrogen-bond donors (Lipinski definition) is 0. The maximum Gasteiger partial charge on any atom is 0.282 e. The number of amides is 1. The van der Waals surface area contributed by atoms with Crippen LogP contribution in [-0.4, -0.2) is 44.8 Å². The highest BCUT2D eigenvalue weighted by atomic mass is 79.9. The van der Waals surface area contributed by atoms with Crippen molar-refractivity contribution in [2.75, 3.05) is 13.1 Å². The smallest absolute Gasteiger partial charge is 0.282 e. The van der Waals surface area contributed by atoms with E-state index in [0.717, 1.165) is 4.47 Å². The first-order chi connectivity index (χ1) is 11.5. The van der Waals surface area contributed by atoms with Crippen LogP contribution in [0.1, 0.15) is 28.9 Å². The number of halogens is 3. The lowest BCUT2D eigenvalue weighted by molar-refractivity contribution is 0.0759. The molecule has 0 bridgehead atoms. The van der Waals surface area contributed by atoms with Crippen molar-refractivity contribution in [2.24, 2.45) is 7.05 Å². The molecule has 2 aromatic heterocycles. The Labute approximate surface area is 145 Å². The van der Waals surface area contributed by atoms with Gasteiger partial charge in [0.15, 0.2) is 0 Å². The van der Waals surface area contributed by atoms with E-state index in [4.69, 9.17) is 4.74 Å². The van der Waals surface area contributed by atoms with Crippen molar-refractivity contribution >= 4 is 21.8 Å². The number of pyridine rings is 1. The van der Waals surface area contributed by atoms with Crippen LogP contribution in [0.2, 0.25) is 0 Å². The predicted molar refractivity (Wildman–Crippen MR) is 85.0 cm³/mol. The molecule has 1 atom stereocenters. The summed E-state index contributed by atoms with van der Waals surface area (Å²) >= 11 is 3.35. The van der Waals surface area contributed by atoms with Gasteiger partial charge in [0.25, 0.3) is 12.3 Å². The average Bonchev–Trinajstić information content (AvgIpc) is 3.16. The van der Waals surface area contributed by atoms with E-state index < -0.39 is 18.0 Å². The predicted octanol–water partition coefficient (Wildman–Crippen LogP) is 2.81. The number of hydrogen-bond acceptors (Lipinski definition) is 4. The summed E-state index contributed by atoms with van der Waals surface area (Å²) in [4.78, 5) is 18.0. The third-order valence-electron chi connectivity index (χ3n) is 3.76. The van der Waals surface area contributed by atoms with E-state index in [-0.39, 0.29) is 11.7 Å². The van der Waals surface area contributed by atoms with Crippen LogP contribution in [0.5, 0.6) is 5.75 Å². The number of aromatic nitrogens is 3. The van der Waals surface area contributed by atoms with Crippen molar-refractivity contribution in [3.63, 3.8) is 0 Å². The summed E-state index contributed by atoms with van der Waals surface area (Å²) in [6.45, 7) is 0.787. The van der Waals surface area contributed by atoms with Gasteiger partial charge >= 0.3 is 0 Å². The number of carbonyl (C=O) groups is 1. The van der Waals surface area contributed by atoms with Crippen molar-refractivity contribution < 1.29 is 18.3 Å². The monoisotopic (exact) mass is 400 g/mol. The number of nitrogens with zero attached hydrogens (tertiary/aromatic N) is 4. The van der Waals surface area contributed by atoms with Gasteiger partial charge in [-0.15, -0.1) is 0 Å². The standard InChI is InChI=1S/C15H15BrF2N4O2/c1-21-8-10(13(20-21)14(17)18)15(23)22-5-3-9(7-22)24-12-2-4-19-6-11(12)16/h2,4,6,8-9,14H,3,5,7H2,1H3. The van der Waals surface area contributed by atoms with Gasteiger partial charge in [-0.25, -0.2) is 8.78 Å². The van der Waals surface area contributed by atoms with Gasteiger partial charge in [0.1, 0.15) is 17.5 Å². The first-order valence-electron chi connectivity index (χ1n) is 7.33. The first kappa shape index (κ1) is 16.8. The fourth-order valence-electron chi connectivity index (χ4n) is 2.65. The summed E-state index contributed by atoms with van der Waals surface area (Å²) in [5.41, 5.74) is -0.540. The molecule has 0 radical (unpaired) electrons. The third-order valence-corrected chi connectivity index (χ3v) is 4.35. The molecule has 1 aliphatic heterocycles. The number of carbonyl (C=O) groups excluding carboxylic acids is 1. The van der Waals surface area contributed by atoms with E-state index in [9.17, 15) is 13.6 Å². The van der Waals surface area contributed by atoms with Crippen LogP contribution in [0.15, 0.2) is 29.1 Å². The molecule has 128 valence electrons. The Kier molecular flexibility index (Phi) is 4.79. The van der Waals surface area contributed by atoms with Crippen molar-refractivity contribution in [3.8, 4) is 5.75 Å². The lowest BCUT2D eigenvalue weighted by Crippen LogP contribution is -2.31. The molecule has 0 N–H and O–H groups in total. The summed E-state index contributed by atoms with van der Waals surface area (Å²) in [6.07, 6.45) is 2.22. The molecule has 0 saturated carbocycles. The minimum Gasteiger partial charge on any atom is -0.487 e. The van der Waals surface area contributed by atoms with Gasteiger partial charge in [-0.05, 0) is 22.0 Å². The van der Waals surface area contributed by atoms with E-state index >= 15 is 0 Å². The van der Waals surface area contributed by atoms with Gasteiger partial charge in [-0.1, -0.05) is 0 Å². The molecule has 2 aromatic rings. The molecule has 24 heavy (non-hydrogen) atoms. The van der Waals surface area contributed by atoms with Gasteiger partial charge in [0, 0.05) is 38.6 Å². The van der Waals surface area contributed by atoms with Crippen LogP contribution < -0.4 is 4.74 Å². The number of aryl methyl sites for hydroxylation is 1. The van der Waals surface area contributed by atoms with Crippen molar-refractivity contribution in [2.45, 2.75) is 19.0 Å². The van der Waals surface area contributed by atoms with Crippen LogP contribution >= 0.6 is 15.9 Å². The van der Waals surface area contributed by atoms with Gasteiger partial charge in [-0.3, -0.25) is 14.5 Å². The number of rotatable bonds is 4. The highest BCUT2D eigenvalue weighted by Crippen LogP contribution is 2.28. The molecule has 1 unspecified atom stereocenters. The maximum atomic E-state index is 13.0. The summed E-state index contributed by atoms with van der Waals surface area (Å²) in [5.74, 6) is 0.192. The lowest BCUT2D eigenvalue weighted by atomic mass is 10.2. The van der Waals surface area contributed by atoms with Gasteiger partial charge < -0.3 is 9.64 Å². The van der Waals surface area contributed by atoms with Crippen LogP contribution in [0.25, 0.3) is 0 Å². The summed E-state index contributed by atoms with van der Waals surface area (Å²) in [7, 11) is 1.51. The maximum absolute atomic E-state index is 13.0. The normalized spacial score (nSPS) is 17.5. The van der Waals surface area contributed by atoms with E-state index in [2.05, 4.69) is 26.0 Å². The number of ether oxygens (including phenoxy) is 1. The molecule has 1 amide bonds.